The Bertz CT molecular complexity index is 887. The summed E-state index contributed by atoms with van der Waals surface area (Å²) < 4.78 is 0. The van der Waals surface area contributed by atoms with Crippen LogP contribution in [-0.4, -0.2) is 16.5 Å². The molecule has 1 N–H and O–H groups in total. The molecule has 2 aromatic carbocycles. The van der Waals surface area contributed by atoms with E-state index in [4.69, 9.17) is 0 Å². The molecule has 3 aromatic rings. The van der Waals surface area contributed by atoms with Gasteiger partial charge in [-0.05, 0) is 23.0 Å². The van der Waals surface area contributed by atoms with E-state index in [0.717, 1.165) is 28.2 Å². The first-order valence-corrected chi connectivity index (χ1v) is 7.06. The molecule has 0 fully saturated rings. The average Bonchev–Trinajstić information content (AvgIpc) is 2.52. The monoisotopic (exact) mass is 296 g/mol. The maximum atomic E-state index is 11.8. The molecule has 0 amide bonds. The van der Waals surface area contributed by atoms with Gasteiger partial charge in [-0.15, -0.1) is 9.24 Å². The Morgan fingerprint density at radius 3 is 2.67 bits per heavy atom. The van der Waals surface area contributed by atoms with Gasteiger partial charge in [0.1, 0.15) is 0 Å². The Morgan fingerprint density at radius 2 is 1.90 bits per heavy atom. The highest BCUT2D eigenvalue weighted by Gasteiger charge is 2.08. The van der Waals surface area contributed by atoms with Gasteiger partial charge < -0.3 is 0 Å². The van der Waals surface area contributed by atoms with Gasteiger partial charge in [-0.25, -0.2) is 5.10 Å². The number of rotatable bonds is 3. The number of nitrogens with zero attached hydrogens (tertiary/aromatic N) is 1. The largest absolute Gasteiger partial charge is 0.298 e. The molecule has 0 aliphatic carbocycles. The van der Waals surface area contributed by atoms with Crippen LogP contribution in [0.1, 0.15) is 21.6 Å². The van der Waals surface area contributed by atoms with Crippen LogP contribution in [0.15, 0.2) is 47.3 Å². The smallest absolute Gasteiger partial charge is 0.272 e. The molecule has 3 rings (SSSR count). The fraction of sp³-hybridized carbons (Fsp3) is 0.0625. The number of hydrogen-bond donors (Lipinski definition) is 1. The van der Waals surface area contributed by atoms with Gasteiger partial charge in [-0.1, -0.05) is 30.3 Å². The summed E-state index contributed by atoms with van der Waals surface area (Å²) in [5.74, 6) is 0. The van der Waals surface area contributed by atoms with E-state index in [0.29, 0.717) is 17.4 Å². The minimum absolute atomic E-state index is 0.191. The van der Waals surface area contributed by atoms with Crippen LogP contribution in [0.5, 0.6) is 0 Å². The lowest BCUT2D eigenvalue weighted by atomic mass is 10.0. The average molecular weight is 296 g/mol. The molecule has 104 valence electrons. The van der Waals surface area contributed by atoms with Crippen LogP contribution < -0.4 is 10.9 Å². The molecule has 21 heavy (non-hydrogen) atoms. The molecule has 1 heterocycles. The van der Waals surface area contributed by atoms with Crippen molar-refractivity contribution in [3.63, 3.8) is 0 Å². The van der Waals surface area contributed by atoms with Gasteiger partial charge in [-0.2, -0.15) is 5.10 Å². The Hall–Kier alpha value is -2.32. The van der Waals surface area contributed by atoms with E-state index in [1.807, 2.05) is 36.4 Å². The first-order valence-electron chi connectivity index (χ1n) is 6.49. The molecule has 0 spiro atoms. The standard InChI is InChI=1S/C16H13N2O2P/c19-9-11-7-10(5-6-15(11)21)8-14-12-3-1-2-4-13(12)16(20)18-17-14/h1-7,9H,8,21H2,(H,18,20). The number of hydrogen-bond acceptors (Lipinski definition) is 3. The number of carbonyl (C=O) groups excluding carboxylic acids is 1. The van der Waals surface area contributed by atoms with Crippen molar-refractivity contribution in [1.29, 1.82) is 0 Å². The van der Waals surface area contributed by atoms with E-state index >= 15 is 0 Å². The summed E-state index contributed by atoms with van der Waals surface area (Å²) in [6.45, 7) is 0. The number of carbonyl (C=O) groups is 1. The highest BCUT2D eigenvalue weighted by atomic mass is 31.0. The zero-order valence-corrected chi connectivity index (χ0v) is 12.3. The maximum Gasteiger partial charge on any atom is 0.272 e. The number of aromatic nitrogens is 2. The van der Waals surface area contributed by atoms with E-state index in [9.17, 15) is 9.59 Å². The zero-order chi connectivity index (χ0) is 14.8. The minimum Gasteiger partial charge on any atom is -0.298 e. The van der Waals surface area contributed by atoms with Crippen molar-refractivity contribution in [2.24, 2.45) is 0 Å². The lowest BCUT2D eigenvalue weighted by molar-refractivity contribution is 0.112. The van der Waals surface area contributed by atoms with Crippen molar-refractivity contribution in [3.8, 4) is 0 Å². The number of benzene rings is 2. The van der Waals surface area contributed by atoms with Crippen molar-refractivity contribution < 1.29 is 4.79 Å². The molecule has 0 radical (unpaired) electrons. The summed E-state index contributed by atoms with van der Waals surface area (Å²) in [6, 6.07) is 13.1. The number of nitrogens with one attached hydrogen (secondary N) is 1. The van der Waals surface area contributed by atoms with Crippen LogP contribution in [0.4, 0.5) is 0 Å². The zero-order valence-electron chi connectivity index (χ0n) is 11.2. The lowest BCUT2D eigenvalue weighted by Crippen LogP contribution is -2.11. The third-order valence-corrected chi connectivity index (χ3v) is 3.95. The number of fused-ring (bicyclic) bond motifs is 1. The van der Waals surface area contributed by atoms with Crippen LogP contribution in [0.3, 0.4) is 0 Å². The van der Waals surface area contributed by atoms with Gasteiger partial charge in [-0.3, -0.25) is 9.59 Å². The van der Waals surface area contributed by atoms with Crippen molar-refractivity contribution in [3.05, 3.63) is 69.6 Å². The number of aldehydes is 1. The Labute approximate surface area is 123 Å². The maximum absolute atomic E-state index is 11.8. The van der Waals surface area contributed by atoms with E-state index < -0.39 is 0 Å². The molecule has 1 unspecified atom stereocenters. The molecule has 0 aliphatic heterocycles. The lowest BCUT2D eigenvalue weighted by Gasteiger charge is -2.06. The van der Waals surface area contributed by atoms with Crippen LogP contribution in [0.25, 0.3) is 10.8 Å². The molecule has 0 aliphatic rings. The molecule has 1 aromatic heterocycles. The fourth-order valence-corrected chi connectivity index (χ4v) is 2.58. The van der Waals surface area contributed by atoms with Crippen LogP contribution >= 0.6 is 9.24 Å². The highest BCUT2D eigenvalue weighted by molar-refractivity contribution is 7.27. The Morgan fingerprint density at radius 1 is 1.14 bits per heavy atom. The summed E-state index contributed by atoms with van der Waals surface area (Å²) >= 11 is 0. The van der Waals surface area contributed by atoms with Gasteiger partial charge in [0.2, 0.25) is 0 Å². The second-order valence-corrected chi connectivity index (χ2v) is 5.42. The van der Waals surface area contributed by atoms with Crippen LogP contribution in [-0.2, 0) is 6.42 Å². The molecular weight excluding hydrogens is 283 g/mol. The third-order valence-electron chi connectivity index (χ3n) is 3.42. The van der Waals surface area contributed by atoms with Crippen molar-refractivity contribution in [2.45, 2.75) is 6.42 Å². The van der Waals surface area contributed by atoms with E-state index in [2.05, 4.69) is 19.4 Å². The predicted molar refractivity (Wildman–Crippen MR) is 86.3 cm³/mol. The number of aromatic amines is 1. The summed E-state index contributed by atoms with van der Waals surface area (Å²) in [7, 11) is 2.54. The normalized spacial score (nSPS) is 10.7. The molecule has 0 saturated heterocycles. The van der Waals surface area contributed by atoms with Gasteiger partial charge >= 0.3 is 0 Å². The first kappa shape index (κ1) is 13.7. The van der Waals surface area contributed by atoms with E-state index in [1.165, 1.54) is 0 Å². The molecule has 0 bridgehead atoms. The SMILES string of the molecule is O=Cc1cc(Cc2n[nH]c(=O)c3ccccc23)ccc1P. The number of H-pyrrole nitrogens is 1. The summed E-state index contributed by atoms with van der Waals surface area (Å²) in [5, 5.41) is 9.00. The molecule has 4 nitrogen and oxygen atoms in total. The van der Waals surface area contributed by atoms with E-state index in [1.54, 1.807) is 6.07 Å². The third kappa shape index (κ3) is 2.63. The Kier molecular flexibility index (Phi) is 3.63. The van der Waals surface area contributed by atoms with Crippen LogP contribution in [0.2, 0.25) is 0 Å². The summed E-state index contributed by atoms with van der Waals surface area (Å²) in [6.07, 6.45) is 1.40. The summed E-state index contributed by atoms with van der Waals surface area (Å²) in [5.41, 5.74) is 2.22. The van der Waals surface area contributed by atoms with Crippen molar-refractivity contribution in [1.82, 2.24) is 10.2 Å². The van der Waals surface area contributed by atoms with E-state index in [-0.39, 0.29) is 5.56 Å². The second-order valence-electron chi connectivity index (χ2n) is 4.80. The highest BCUT2D eigenvalue weighted by Crippen LogP contribution is 2.16. The molecular formula is C16H13N2O2P. The quantitative estimate of drug-likeness (QED) is 0.592. The predicted octanol–water partition coefficient (Wildman–Crippen LogP) is 1.83. The molecule has 5 heteroatoms. The minimum atomic E-state index is -0.191. The van der Waals surface area contributed by atoms with Gasteiger partial charge in [0.05, 0.1) is 11.1 Å². The van der Waals surface area contributed by atoms with Gasteiger partial charge in [0, 0.05) is 17.4 Å². The van der Waals surface area contributed by atoms with Crippen LogP contribution in [0, 0.1) is 0 Å². The fourth-order valence-electron chi connectivity index (χ4n) is 2.34. The molecule has 1 atom stereocenters. The van der Waals surface area contributed by atoms with Crippen molar-refractivity contribution in [2.75, 3.05) is 0 Å². The topological polar surface area (TPSA) is 62.8 Å². The molecule has 0 saturated carbocycles. The summed E-state index contributed by atoms with van der Waals surface area (Å²) in [4.78, 5) is 22.8. The second kappa shape index (κ2) is 5.58. The Balaban J connectivity index is 2.08. The van der Waals surface area contributed by atoms with Crippen molar-refractivity contribution >= 4 is 31.6 Å². The van der Waals surface area contributed by atoms with Gasteiger partial charge in [0.25, 0.3) is 5.56 Å². The first-order chi connectivity index (χ1) is 10.2. The van der Waals surface area contributed by atoms with Gasteiger partial charge in [0.15, 0.2) is 6.29 Å².